The number of rotatable bonds is 4. The lowest BCUT2D eigenvalue weighted by Crippen LogP contribution is -2.37. The highest BCUT2D eigenvalue weighted by atomic mass is 16.5. The molecule has 2 heterocycles. The van der Waals surface area contributed by atoms with Crippen molar-refractivity contribution >= 4 is 12.0 Å². The van der Waals surface area contributed by atoms with E-state index in [-0.39, 0.29) is 24.0 Å². The minimum absolute atomic E-state index is 0.00124. The van der Waals surface area contributed by atoms with E-state index in [1.807, 2.05) is 12.1 Å². The van der Waals surface area contributed by atoms with Gasteiger partial charge in [0.2, 0.25) is 0 Å². The molecule has 3 atom stereocenters. The third-order valence-corrected chi connectivity index (χ3v) is 8.00. The molecule has 0 radical (unpaired) electrons. The van der Waals surface area contributed by atoms with Gasteiger partial charge in [-0.05, 0) is 79.5 Å². The number of carbonyl (C=O) groups excluding carboxylic acids is 1. The Hall–Kier alpha value is -2.33. The largest absolute Gasteiger partial charge is 0.508 e. The molecule has 1 saturated carbocycles. The molecular weight excluding hydrogens is 398 g/mol. The number of hydrogen-bond acceptors (Lipinski definition) is 4. The highest BCUT2D eigenvalue weighted by molar-refractivity contribution is 5.56. The predicted octanol–water partition coefficient (Wildman–Crippen LogP) is 5.98. The third kappa shape index (κ3) is 4.17. The maximum absolute atomic E-state index is 11.1. The summed E-state index contributed by atoms with van der Waals surface area (Å²) in [5.41, 5.74) is 4.95. The van der Waals surface area contributed by atoms with Gasteiger partial charge in [-0.2, -0.15) is 0 Å². The van der Waals surface area contributed by atoms with Crippen molar-refractivity contribution in [1.82, 2.24) is 0 Å². The SMILES string of the molecule is C[C@@H]1O[C@H](C2CCCCC2)[C@@H](c2ccc(N3CCC(C=O)CC3)cc2)c2ccc(O)cc21. The molecule has 2 aromatic carbocycles. The minimum Gasteiger partial charge on any atom is -0.508 e. The van der Waals surface area contributed by atoms with Crippen LogP contribution in [0.5, 0.6) is 5.75 Å². The van der Waals surface area contributed by atoms with Crippen molar-refractivity contribution in [3.8, 4) is 5.75 Å². The fraction of sp³-hybridized carbons (Fsp3) is 0.536. The monoisotopic (exact) mass is 433 g/mol. The summed E-state index contributed by atoms with van der Waals surface area (Å²) in [4.78, 5) is 13.5. The number of fused-ring (bicyclic) bond motifs is 1. The molecule has 2 aromatic rings. The number of aromatic hydroxyl groups is 1. The lowest BCUT2D eigenvalue weighted by Gasteiger charge is -2.43. The van der Waals surface area contributed by atoms with Gasteiger partial charge in [0.15, 0.2) is 0 Å². The molecule has 5 rings (SSSR count). The van der Waals surface area contributed by atoms with Crippen molar-refractivity contribution in [3.63, 3.8) is 0 Å². The molecule has 0 unspecified atom stereocenters. The molecule has 0 amide bonds. The number of nitrogens with zero attached hydrogens (tertiary/aromatic N) is 1. The highest BCUT2D eigenvalue weighted by Gasteiger charge is 2.40. The predicted molar refractivity (Wildman–Crippen MR) is 127 cm³/mol. The Morgan fingerprint density at radius 1 is 0.938 bits per heavy atom. The lowest BCUT2D eigenvalue weighted by molar-refractivity contribution is -0.111. The second-order valence-electron chi connectivity index (χ2n) is 9.98. The van der Waals surface area contributed by atoms with Crippen LogP contribution in [0.2, 0.25) is 0 Å². The molecule has 4 heteroatoms. The van der Waals surface area contributed by atoms with E-state index in [1.165, 1.54) is 48.9 Å². The summed E-state index contributed by atoms with van der Waals surface area (Å²) in [7, 11) is 0. The Bertz CT molecular complexity index is 926. The summed E-state index contributed by atoms with van der Waals surface area (Å²) in [5.74, 6) is 1.30. The fourth-order valence-electron chi connectivity index (χ4n) is 6.16. The van der Waals surface area contributed by atoms with Gasteiger partial charge in [-0.15, -0.1) is 0 Å². The molecule has 170 valence electrons. The van der Waals surface area contributed by atoms with Gasteiger partial charge in [0, 0.05) is 30.6 Å². The zero-order chi connectivity index (χ0) is 22.1. The first-order valence-corrected chi connectivity index (χ1v) is 12.4. The van der Waals surface area contributed by atoms with E-state index in [1.54, 1.807) is 0 Å². The molecule has 3 aliphatic rings. The van der Waals surface area contributed by atoms with E-state index in [0.29, 0.717) is 11.7 Å². The van der Waals surface area contributed by atoms with Gasteiger partial charge < -0.3 is 19.5 Å². The van der Waals surface area contributed by atoms with Crippen molar-refractivity contribution < 1.29 is 14.6 Å². The number of anilines is 1. The molecule has 0 bridgehead atoms. The van der Waals surface area contributed by atoms with Gasteiger partial charge in [0.25, 0.3) is 0 Å². The average Bonchev–Trinajstić information content (AvgIpc) is 2.85. The number of hydrogen-bond donors (Lipinski definition) is 1. The minimum atomic E-state index is -0.00124. The van der Waals surface area contributed by atoms with E-state index < -0.39 is 0 Å². The smallest absolute Gasteiger partial charge is 0.123 e. The summed E-state index contributed by atoms with van der Waals surface area (Å²) in [6, 6.07) is 14.9. The van der Waals surface area contributed by atoms with E-state index in [4.69, 9.17) is 4.74 Å². The van der Waals surface area contributed by atoms with Crippen LogP contribution in [-0.4, -0.2) is 30.6 Å². The number of phenolic OH excluding ortho intramolecular Hbond substituents is 1. The summed E-state index contributed by atoms with van der Waals surface area (Å²) in [5, 5.41) is 10.1. The summed E-state index contributed by atoms with van der Waals surface area (Å²) in [6.07, 6.45) is 9.59. The van der Waals surface area contributed by atoms with Crippen molar-refractivity contribution in [2.24, 2.45) is 11.8 Å². The summed E-state index contributed by atoms with van der Waals surface area (Å²) >= 11 is 0. The summed E-state index contributed by atoms with van der Waals surface area (Å²) in [6.45, 7) is 4.01. The number of ether oxygens (including phenoxy) is 1. The van der Waals surface area contributed by atoms with Crippen LogP contribution in [0.15, 0.2) is 42.5 Å². The normalized spacial score (nSPS) is 27.2. The molecular formula is C28H35NO3. The highest BCUT2D eigenvalue weighted by Crippen LogP contribution is 2.47. The summed E-state index contributed by atoms with van der Waals surface area (Å²) < 4.78 is 6.69. The van der Waals surface area contributed by atoms with Crippen molar-refractivity contribution in [3.05, 3.63) is 59.2 Å². The number of carbonyl (C=O) groups is 1. The first-order chi connectivity index (χ1) is 15.6. The van der Waals surface area contributed by atoms with Crippen molar-refractivity contribution in [2.75, 3.05) is 18.0 Å². The van der Waals surface area contributed by atoms with E-state index in [2.05, 4.69) is 42.2 Å². The zero-order valence-electron chi connectivity index (χ0n) is 19.1. The van der Waals surface area contributed by atoms with Crippen LogP contribution in [0, 0.1) is 11.8 Å². The molecule has 2 aliphatic heterocycles. The van der Waals surface area contributed by atoms with Crippen LogP contribution in [0.25, 0.3) is 0 Å². The molecule has 0 spiro atoms. The van der Waals surface area contributed by atoms with Gasteiger partial charge in [-0.1, -0.05) is 37.5 Å². The quantitative estimate of drug-likeness (QED) is 0.603. The van der Waals surface area contributed by atoms with Gasteiger partial charge in [-0.25, -0.2) is 0 Å². The molecule has 1 aliphatic carbocycles. The Labute approximate surface area is 191 Å². The number of benzene rings is 2. The maximum atomic E-state index is 11.1. The molecule has 1 saturated heterocycles. The van der Waals surface area contributed by atoms with E-state index in [9.17, 15) is 9.90 Å². The van der Waals surface area contributed by atoms with Crippen LogP contribution < -0.4 is 4.90 Å². The Kier molecular flexibility index (Phi) is 6.23. The first-order valence-electron chi connectivity index (χ1n) is 12.4. The molecule has 0 aromatic heterocycles. The molecule has 4 nitrogen and oxygen atoms in total. The van der Waals surface area contributed by atoms with Crippen molar-refractivity contribution in [2.45, 2.75) is 70.0 Å². The van der Waals surface area contributed by atoms with Crippen LogP contribution in [0.3, 0.4) is 0 Å². The van der Waals surface area contributed by atoms with Gasteiger partial charge in [0.05, 0.1) is 12.2 Å². The fourth-order valence-corrected chi connectivity index (χ4v) is 6.16. The third-order valence-electron chi connectivity index (χ3n) is 8.00. The molecule has 2 fully saturated rings. The van der Waals surface area contributed by atoms with Crippen molar-refractivity contribution in [1.29, 1.82) is 0 Å². The number of phenols is 1. The van der Waals surface area contributed by atoms with Gasteiger partial charge in [0.1, 0.15) is 12.0 Å². The average molecular weight is 434 g/mol. The zero-order valence-corrected chi connectivity index (χ0v) is 19.1. The number of aldehydes is 1. The van der Waals surface area contributed by atoms with Crippen LogP contribution in [-0.2, 0) is 9.53 Å². The Morgan fingerprint density at radius 2 is 1.66 bits per heavy atom. The second-order valence-corrected chi connectivity index (χ2v) is 9.98. The first kappa shape index (κ1) is 21.5. The topological polar surface area (TPSA) is 49.8 Å². The molecule has 1 N–H and O–H groups in total. The lowest BCUT2D eigenvalue weighted by atomic mass is 9.72. The van der Waals surface area contributed by atoms with Gasteiger partial charge in [-0.3, -0.25) is 0 Å². The van der Waals surface area contributed by atoms with Crippen LogP contribution in [0.4, 0.5) is 5.69 Å². The second kappa shape index (κ2) is 9.27. The Balaban J connectivity index is 1.46. The Morgan fingerprint density at radius 3 is 2.34 bits per heavy atom. The van der Waals surface area contributed by atoms with Crippen LogP contribution >= 0.6 is 0 Å². The van der Waals surface area contributed by atoms with E-state index in [0.717, 1.165) is 37.8 Å². The van der Waals surface area contributed by atoms with Gasteiger partial charge >= 0.3 is 0 Å². The van der Waals surface area contributed by atoms with E-state index >= 15 is 0 Å². The van der Waals surface area contributed by atoms with Crippen LogP contribution in [0.1, 0.15) is 80.6 Å². The standard InChI is InChI=1S/C28H35NO3/c1-19-26-17-24(31)11-12-25(26)27(28(32-19)22-5-3-2-4-6-22)21-7-9-23(10-8-21)29-15-13-20(18-30)14-16-29/h7-12,17-20,22,27-28,31H,2-6,13-16H2,1H3/t19-,27-,28+/m0/s1. The molecule has 32 heavy (non-hydrogen) atoms. The maximum Gasteiger partial charge on any atom is 0.123 e. The number of piperidine rings is 1.